The van der Waals surface area contributed by atoms with Crippen LogP contribution < -0.4 is 19.6 Å². The molecular weight excluding hydrogens is 570 g/mol. The molecule has 0 bridgehead atoms. The minimum absolute atomic E-state index is 0.216. The van der Waals surface area contributed by atoms with Crippen LogP contribution in [-0.4, -0.2) is 28.8 Å². The molecule has 7 nitrogen and oxygen atoms in total. The van der Waals surface area contributed by atoms with Crippen LogP contribution in [0.15, 0.2) is 100 Å². The van der Waals surface area contributed by atoms with Gasteiger partial charge in [0.1, 0.15) is 5.75 Å². The normalized spacial score (nSPS) is 15.0. The summed E-state index contributed by atoms with van der Waals surface area (Å²) in [5.74, 6) is 0.189. The van der Waals surface area contributed by atoms with Crippen molar-refractivity contribution in [3.8, 4) is 5.75 Å². The third-order valence-electron chi connectivity index (χ3n) is 7.35. The van der Waals surface area contributed by atoms with Crippen molar-refractivity contribution in [2.24, 2.45) is 4.99 Å². The predicted octanol–water partition coefficient (Wildman–Crippen LogP) is 5.46. The molecule has 3 aromatic carbocycles. The van der Waals surface area contributed by atoms with Gasteiger partial charge >= 0.3 is 5.97 Å². The van der Waals surface area contributed by atoms with E-state index in [0.717, 1.165) is 27.6 Å². The van der Waals surface area contributed by atoms with E-state index >= 15 is 0 Å². The number of benzene rings is 3. The minimum atomic E-state index is -0.685. The van der Waals surface area contributed by atoms with Gasteiger partial charge in [0.05, 0.1) is 35.6 Å². The Balaban J connectivity index is 1.51. The van der Waals surface area contributed by atoms with Crippen molar-refractivity contribution in [2.75, 3.05) is 13.7 Å². The number of hydrogen-bond donors (Lipinski definition) is 0. The number of carbonyl (C=O) groups excluding carboxylic acids is 1. The number of fused-ring (bicyclic) bond motifs is 2. The summed E-state index contributed by atoms with van der Waals surface area (Å²) in [5.41, 5.74) is 4.36. The van der Waals surface area contributed by atoms with Gasteiger partial charge in [-0.2, -0.15) is 0 Å². The Morgan fingerprint density at radius 2 is 1.81 bits per heavy atom. The Morgan fingerprint density at radius 1 is 1.07 bits per heavy atom. The quantitative estimate of drug-likeness (QED) is 0.233. The maximum Gasteiger partial charge on any atom is 0.338 e. The van der Waals surface area contributed by atoms with Gasteiger partial charge in [0.25, 0.3) is 5.56 Å². The minimum Gasteiger partial charge on any atom is -0.497 e. The van der Waals surface area contributed by atoms with Crippen LogP contribution in [0.2, 0.25) is 5.02 Å². The molecule has 0 amide bonds. The van der Waals surface area contributed by atoms with Crippen LogP contribution in [0.3, 0.4) is 0 Å². The van der Waals surface area contributed by atoms with E-state index < -0.39 is 12.0 Å². The van der Waals surface area contributed by atoms with Gasteiger partial charge in [-0.15, -0.1) is 0 Å². The molecule has 6 rings (SSSR count). The highest BCUT2D eigenvalue weighted by atomic mass is 35.5. The number of halogens is 1. The van der Waals surface area contributed by atoms with E-state index in [9.17, 15) is 9.59 Å². The van der Waals surface area contributed by atoms with Crippen LogP contribution in [0, 0.1) is 0 Å². The Labute approximate surface area is 251 Å². The summed E-state index contributed by atoms with van der Waals surface area (Å²) in [4.78, 5) is 32.5. The van der Waals surface area contributed by atoms with Crippen LogP contribution in [0.1, 0.15) is 36.6 Å². The smallest absolute Gasteiger partial charge is 0.338 e. The Kier molecular flexibility index (Phi) is 7.58. The summed E-state index contributed by atoms with van der Waals surface area (Å²) in [6.07, 6.45) is 3.95. The van der Waals surface area contributed by atoms with Crippen molar-refractivity contribution >= 4 is 45.9 Å². The first-order chi connectivity index (χ1) is 20.4. The molecule has 1 aliphatic heterocycles. The van der Waals surface area contributed by atoms with E-state index in [2.05, 4.69) is 10.6 Å². The fourth-order valence-corrected chi connectivity index (χ4v) is 6.60. The van der Waals surface area contributed by atoms with Gasteiger partial charge in [0.15, 0.2) is 4.80 Å². The van der Waals surface area contributed by atoms with Crippen molar-refractivity contribution in [1.29, 1.82) is 0 Å². The van der Waals surface area contributed by atoms with Crippen molar-refractivity contribution in [3.05, 3.63) is 132 Å². The molecule has 0 aliphatic carbocycles. The second-order valence-electron chi connectivity index (χ2n) is 9.90. The molecule has 5 aromatic rings. The van der Waals surface area contributed by atoms with Gasteiger partial charge in [-0.1, -0.05) is 71.5 Å². The number of aromatic nitrogens is 2. The fraction of sp³-hybridized carbons (Fsp3) is 0.182. The zero-order valence-electron chi connectivity index (χ0n) is 23.3. The topological polar surface area (TPSA) is 74.8 Å². The molecule has 0 spiro atoms. The van der Waals surface area contributed by atoms with Crippen LogP contribution >= 0.6 is 22.9 Å². The summed E-state index contributed by atoms with van der Waals surface area (Å²) in [5, 5.41) is 1.72. The molecule has 9 heteroatoms. The van der Waals surface area contributed by atoms with Gasteiger partial charge in [-0.25, -0.2) is 9.79 Å². The number of ether oxygens (including phenoxy) is 2. The lowest BCUT2D eigenvalue weighted by molar-refractivity contribution is -0.139. The lowest BCUT2D eigenvalue weighted by Crippen LogP contribution is -2.39. The van der Waals surface area contributed by atoms with Gasteiger partial charge in [-0.3, -0.25) is 9.36 Å². The molecule has 0 N–H and O–H groups in total. The third-order valence-corrected chi connectivity index (χ3v) is 8.70. The SMILES string of the molecule is CCOC(=O)C1=C(C)N=c2s/c(=C/c3cn(Cc4ccccc4Cl)c4ccccc34)c(=O)n2[C@H]1c1ccc(OC)cc1. The average Bonchev–Trinajstić information content (AvgIpc) is 3.50. The standard InChI is InChI=1S/C33H28ClN3O4S/c1-4-41-32(39)29-20(2)35-33-37(30(29)21-13-15-24(40-3)16-14-21)31(38)28(42-33)17-23-19-36(27-12-8-6-10-25(23)27)18-22-9-5-7-11-26(22)34/h5-17,19,30H,4,18H2,1-3H3/b28-17+/t30-/m0/s1. The summed E-state index contributed by atoms with van der Waals surface area (Å²) in [6.45, 7) is 4.35. The number of hydrogen-bond acceptors (Lipinski definition) is 6. The second kappa shape index (κ2) is 11.5. The molecule has 0 fully saturated rings. The summed E-state index contributed by atoms with van der Waals surface area (Å²) < 4.78 is 15.0. The van der Waals surface area contributed by atoms with Crippen molar-refractivity contribution in [1.82, 2.24) is 9.13 Å². The highest BCUT2D eigenvalue weighted by Crippen LogP contribution is 2.32. The second-order valence-corrected chi connectivity index (χ2v) is 11.3. The molecule has 2 aromatic heterocycles. The maximum absolute atomic E-state index is 14.1. The lowest BCUT2D eigenvalue weighted by Gasteiger charge is -2.24. The number of esters is 1. The Hall–Kier alpha value is -4.40. The fourth-order valence-electron chi connectivity index (χ4n) is 5.37. The number of thiazole rings is 1. The third kappa shape index (κ3) is 4.97. The number of allylic oxidation sites excluding steroid dienone is 1. The first-order valence-corrected chi connectivity index (χ1v) is 14.7. The van der Waals surface area contributed by atoms with Crippen molar-refractivity contribution in [2.45, 2.75) is 26.4 Å². The molecule has 42 heavy (non-hydrogen) atoms. The van der Waals surface area contributed by atoms with E-state index in [1.807, 2.05) is 79.0 Å². The largest absolute Gasteiger partial charge is 0.497 e. The zero-order chi connectivity index (χ0) is 29.4. The molecule has 212 valence electrons. The van der Waals surface area contributed by atoms with Crippen LogP contribution in [0.25, 0.3) is 17.0 Å². The highest BCUT2D eigenvalue weighted by molar-refractivity contribution is 7.07. The van der Waals surface area contributed by atoms with Crippen LogP contribution in [-0.2, 0) is 16.1 Å². The van der Waals surface area contributed by atoms with Gasteiger partial charge in [0.2, 0.25) is 0 Å². The molecule has 0 saturated heterocycles. The monoisotopic (exact) mass is 597 g/mol. The first kappa shape index (κ1) is 27.8. The molecule has 0 saturated carbocycles. The lowest BCUT2D eigenvalue weighted by atomic mass is 9.96. The number of carbonyl (C=O) groups is 1. The summed E-state index contributed by atoms with van der Waals surface area (Å²) in [7, 11) is 1.59. The van der Waals surface area contributed by atoms with E-state index in [4.69, 9.17) is 26.1 Å². The van der Waals surface area contributed by atoms with Gasteiger partial charge in [-0.05, 0) is 55.3 Å². The van der Waals surface area contributed by atoms with Crippen molar-refractivity contribution < 1.29 is 14.3 Å². The molecule has 1 atom stereocenters. The molecule has 3 heterocycles. The van der Waals surface area contributed by atoms with E-state index in [1.54, 1.807) is 25.5 Å². The summed E-state index contributed by atoms with van der Waals surface area (Å²) in [6, 6.07) is 22.5. The zero-order valence-corrected chi connectivity index (χ0v) is 24.9. The van der Waals surface area contributed by atoms with E-state index in [1.165, 1.54) is 11.3 Å². The summed E-state index contributed by atoms with van der Waals surface area (Å²) >= 11 is 7.77. The maximum atomic E-state index is 14.1. The van der Waals surface area contributed by atoms with E-state index in [0.29, 0.717) is 37.9 Å². The number of rotatable bonds is 7. The number of methoxy groups -OCH3 is 1. The van der Waals surface area contributed by atoms with Crippen LogP contribution in [0.5, 0.6) is 5.75 Å². The Morgan fingerprint density at radius 3 is 2.55 bits per heavy atom. The van der Waals surface area contributed by atoms with E-state index in [-0.39, 0.29) is 12.2 Å². The number of para-hydroxylation sites is 1. The highest BCUT2D eigenvalue weighted by Gasteiger charge is 2.33. The predicted molar refractivity (Wildman–Crippen MR) is 166 cm³/mol. The number of nitrogens with zero attached hydrogens (tertiary/aromatic N) is 3. The average molecular weight is 598 g/mol. The first-order valence-electron chi connectivity index (χ1n) is 13.5. The molecule has 0 unspecified atom stereocenters. The Bertz CT molecular complexity index is 2040. The van der Waals surface area contributed by atoms with Crippen LogP contribution in [0.4, 0.5) is 0 Å². The molecule has 0 radical (unpaired) electrons. The molecular formula is C33H28ClN3O4S. The molecule has 1 aliphatic rings. The van der Waals surface area contributed by atoms with Gasteiger partial charge in [0, 0.05) is 34.2 Å². The van der Waals surface area contributed by atoms with Gasteiger partial charge < -0.3 is 14.0 Å². The van der Waals surface area contributed by atoms with Crippen molar-refractivity contribution in [3.63, 3.8) is 0 Å².